The summed E-state index contributed by atoms with van der Waals surface area (Å²) in [6, 6.07) is 19.2. The summed E-state index contributed by atoms with van der Waals surface area (Å²) in [4.78, 5) is 13.4. The molecule has 0 saturated carbocycles. The van der Waals surface area contributed by atoms with Gasteiger partial charge in [-0.3, -0.25) is 9.36 Å². The number of rotatable bonds is 4. The smallest absolute Gasteiger partial charge is 0.347 e. The van der Waals surface area contributed by atoms with Gasteiger partial charge in [-0.25, -0.2) is 0 Å². The average molecular weight is 380 g/mol. The molecule has 27 heavy (non-hydrogen) atoms. The number of methoxy groups -OCH3 is 2. The predicted molar refractivity (Wildman–Crippen MR) is 104 cm³/mol. The van der Waals surface area contributed by atoms with Gasteiger partial charge in [0.05, 0.1) is 25.1 Å². The van der Waals surface area contributed by atoms with Crippen LogP contribution in [0.4, 0.5) is 0 Å². The molecule has 1 unspecified atom stereocenters. The Balaban J connectivity index is 1.89. The molecule has 0 bridgehead atoms. The molecule has 0 saturated heterocycles. The molecular weight excluding hydrogens is 363 g/mol. The number of carbonyl (C=O) groups is 1. The standard InChI is InChI=1S/C21H17O5P/c1-24-14-11-12-17(19(13-14)25-2)21(22)27(23)20-10-6-4-8-16(20)15-7-3-5-9-18(15)26-27/h3-13H,1-2H3. The molecular formula is C21H17O5P. The fourth-order valence-electron chi connectivity index (χ4n) is 3.20. The maximum absolute atomic E-state index is 13.9. The highest BCUT2D eigenvalue weighted by molar-refractivity contribution is 7.84. The highest BCUT2D eigenvalue weighted by Gasteiger charge is 2.44. The summed E-state index contributed by atoms with van der Waals surface area (Å²) in [5, 5.41) is 0.395. The monoisotopic (exact) mass is 380 g/mol. The highest BCUT2D eigenvalue weighted by atomic mass is 31.2. The van der Waals surface area contributed by atoms with E-state index in [2.05, 4.69) is 0 Å². The van der Waals surface area contributed by atoms with Crippen molar-refractivity contribution in [1.82, 2.24) is 0 Å². The van der Waals surface area contributed by atoms with Crippen molar-refractivity contribution in [3.8, 4) is 28.4 Å². The molecule has 0 N–H and O–H groups in total. The quantitative estimate of drug-likeness (QED) is 0.624. The molecule has 3 aromatic carbocycles. The molecule has 0 aliphatic carbocycles. The largest absolute Gasteiger partial charge is 0.497 e. The number of benzene rings is 3. The third kappa shape index (κ3) is 2.71. The van der Waals surface area contributed by atoms with Crippen molar-refractivity contribution in [2.75, 3.05) is 14.2 Å². The van der Waals surface area contributed by atoms with Crippen LogP contribution in [0.25, 0.3) is 11.1 Å². The van der Waals surface area contributed by atoms with Gasteiger partial charge in [-0.15, -0.1) is 0 Å². The topological polar surface area (TPSA) is 61.8 Å². The number of ether oxygens (including phenoxy) is 2. The van der Waals surface area contributed by atoms with Crippen molar-refractivity contribution in [1.29, 1.82) is 0 Å². The minimum absolute atomic E-state index is 0.191. The SMILES string of the molecule is COc1ccc(C(=O)P2(=O)Oc3ccccc3-c3ccccc32)c(OC)c1. The van der Waals surface area contributed by atoms with Crippen molar-refractivity contribution in [3.63, 3.8) is 0 Å². The van der Waals surface area contributed by atoms with Crippen LogP contribution in [0.1, 0.15) is 10.4 Å². The fraction of sp³-hybridized carbons (Fsp3) is 0.0952. The van der Waals surface area contributed by atoms with Crippen molar-refractivity contribution in [2.45, 2.75) is 0 Å². The minimum atomic E-state index is -3.87. The molecule has 0 aromatic heterocycles. The third-order valence-electron chi connectivity index (χ3n) is 4.53. The Morgan fingerprint density at radius 1 is 0.889 bits per heavy atom. The van der Waals surface area contributed by atoms with E-state index in [0.29, 0.717) is 16.8 Å². The van der Waals surface area contributed by atoms with Crippen LogP contribution in [0.15, 0.2) is 66.7 Å². The lowest BCUT2D eigenvalue weighted by Gasteiger charge is -2.27. The van der Waals surface area contributed by atoms with Gasteiger partial charge in [0.15, 0.2) is 0 Å². The van der Waals surface area contributed by atoms with Gasteiger partial charge in [0, 0.05) is 11.6 Å². The Hall–Kier alpha value is -3.04. The molecule has 6 heteroatoms. The summed E-state index contributed by atoms with van der Waals surface area (Å²) in [6.45, 7) is 0. The molecule has 1 atom stereocenters. The van der Waals surface area contributed by atoms with Crippen molar-refractivity contribution in [3.05, 3.63) is 72.3 Å². The molecule has 0 spiro atoms. The van der Waals surface area contributed by atoms with Gasteiger partial charge in [-0.05, 0) is 29.8 Å². The van der Waals surface area contributed by atoms with Gasteiger partial charge >= 0.3 is 7.37 Å². The average Bonchev–Trinajstić information content (AvgIpc) is 2.73. The molecule has 136 valence electrons. The number of para-hydroxylation sites is 1. The van der Waals surface area contributed by atoms with E-state index >= 15 is 0 Å². The van der Waals surface area contributed by atoms with Gasteiger partial charge in [0.1, 0.15) is 17.2 Å². The van der Waals surface area contributed by atoms with Gasteiger partial charge < -0.3 is 14.0 Å². The van der Waals surface area contributed by atoms with Crippen LogP contribution in [-0.2, 0) is 4.57 Å². The minimum Gasteiger partial charge on any atom is -0.497 e. The molecule has 0 fully saturated rings. The van der Waals surface area contributed by atoms with Crippen LogP contribution in [0.3, 0.4) is 0 Å². The summed E-state index contributed by atoms with van der Waals surface area (Å²) in [5.41, 5.74) is 1.14. The second-order valence-electron chi connectivity index (χ2n) is 6.03. The van der Waals surface area contributed by atoms with Crippen LogP contribution in [0, 0.1) is 0 Å². The van der Waals surface area contributed by atoms with E-state index in [-0.39, 0.29) is 11.3 Å². The predicted octanol–water partition coefficient (Wildman–Crippen LogP) is 4.51. The van der Waals surface area contributed by atoms with Gasteiger partial charge in [0.2, 0.25) is 0 Å². The van der Waals surface area contributed by atoms with E-state index in [1.54, 1.807) is 42.5 Å². The van der Waals surface area contributed by atoms with E-state index in [4.69, 9.17) is 14.0 Å². The Morgan fingerprint density at radius 2 is 1.59 bits per heavy atom. The molecule has 3 aromatic rings. The van der Waals surface area contributed by atoms with E-state index in [9.17, 15) is 9.36 Å². The zero-order chi connectivity index (χ0) is 19.0. The van der Waals surface area contributed by atoms with Gasteiger partial charge in [-0.2, -0.15) is 0 Å². The zero-order valence-corrected chi connectivity index (χ0v) is 15.7. The fourth-order valence-corrected chi connectivity index (χ4v) is 5.33. The highest BCUT2D eigenvalue weighted by Crippen LogP contribution is 2.57. The normalized spacial score (nSPS) is 17.3. The zero-order valence-electron chi connectivity index (χ0n) is 14.8. The van der Waals surface area contributed by atoms with Crippen molar-refractivity contribution >= 4 is 18.2 Å². The first-order valence-electron chi connectivity index (χ1n) is 8.34. The Morgan fingerprint density at radius 3 is 2.33 bits per heavy atom. The van der Waals surface area contributed by atoms with Crippen LogP contribution in [0.2, 0.25) is 0 Å². The van der Waals surface area contributed by atoms with Crippen LogP contribution < -0.4 is 19.3 Å². The Bertz CT molecular complexity index is 1090. The second-order valence-corrected chi connectivity index (χ2v) is 8.20. The van der Waals surface area contributed by atoms with E-state index in [0.717, 1.165) is 11.1 Å². The Kier molecular flexibility index (Phi) is 4.25. The first kappa shape index (κ1) is 17.4. The lowest BCUT2D eigenvalue weighted by atomic mass is 10.0. The first-order valence-corrected chi connectivity index (χ1v) is 9.96. The van der Waals surface area contributed by atoms with E-state index in [1.807, 2.05) is 24.3 Å². The lowest BCUT2D eigenvalue weighted by Crippen LogP contribution is -2.23. The molecule has 1 aliphatic heterocycles. The summed E-state index contributed by atoms with van der Waals surface area (Å²) in [5.74, 6) is 1.26. The van der Waals surface area contributed by atoms with Gasteiger partial charge in [0.25, 0.3) is 5.52 Å². The van der Waals surface area contributed by atoms with Crippen LogP contribution in [0.5, 0.6) is 17.2 Å². The molecule has 5 nitrogen and oxygen atoms in total. The summed E-state index contributed by atoms with van der Waals surface area (Å²) in [7, 11) is -0.898. The number of hydrogen-bond acceptors (Lipinski definition) is 5. The van der Waals surface area contributed by atoms with E-state index in [1.165, 1.54) is 14.2 Å². The Labute approximate surface area is 157 Å². The van der Waals surface area contributed by atoms with Crippen LogP contribution >= 0.6 is 7.37 Å². The number of hydrogen-bond donors (Lipinski definition) is 0. The van der Waals surface area contributed by atoms with Crippen molar-refractivity contribution < 1.29 is 23.4 Å². The number of carbonyl (C=O) groups excluding carboxylic acids is 1. The summed E-state index contributed by atoms with van der Waals surface area (Å²) >= 11 is 0. The summed E-state index contributed by atoms with van der Waals surface area (Å²) < 4.78 is 30.2. The molecule has 1 aliphatic rings. The molecule has 4 rings (SSSR count). The van der Waals surface area contributed by atoms with Crippen molar-refractivity contribution in [2.24, 2.45) is 0 Å². The first-order chi connectivity index (χ1) is 13.1. The van der Waals surface area contributed by atoms with Gasteiger partial charge in [-0.1, -0.05) is 36.4 Å². The summed E-state index contributed by atoms with van der Waals surface area (Å²) in [6.07, 6.45) is 0. The lowest BCUT2D eigenvalue weighted by molar-refractivity contribution is 0.106. The maximum atomic E-state index is 13.9. The second kappa shape index (κ2) is 6.60. The van der Waals surface area contributed by atoms with Crippen LogP contribution in [-0.4, -0.2) is 19.7 Å². The number of fused-ring (bicyclic) bond motifs is 3. The molecule has 0 radical (unpaired) electrons. The molecule has 1 heterocycles. The molecule has 0 amide bonds. The van der Waals surface area contributed by atoms with E-state index < -0.39 is 12.9 Å². The maximum Gasteiger partial charge on any atom is 0.347 e. The third-order valence-corrected chi connectivity index (χ3v) is 6.79.